The zero-order valence-corrected chi connectivity index (χ0v) is 17.4. The summed E-state index contributed by atoms with van der Waals surface area (Å²) in [6, 6.07) is 6.63. The van der Waals surface area contributed by atoms with Crippen molar-refractivity contribution in [2.75, 3.05) is 0 Å². The fourth-order valence-electron chi connectivity index (χ4n) is 4.03. The summed E-state index contributed by atoms with van der Waals surface area (Å²) >= 11 is 0. The van der Waals surface area contributed by atoms with Crippen molar-refractivity contribution in [3.63, 3.8) is 0 Å². The topological polar surface area (TPSA) is 138 Å². The average Bonchev–Trinajstić information content (AvgIpc) is 3.48. The predicted octanol–water partition coefficient (Wildman–Crippen LogP) is 1.88. The van der Waals surface area contributed by atoms with Crippen LogP contribution in [0.25, 0.3) is 11.0 Å². The van der Waals surface area contributed by atoms with Gasteiger partial charge in [0.2, 0.25) is 5.91 Å². The minimum atomic E-state index is -0.646. The monoisotopic (exact) mass is 422 g/mol. The van der Waals surface area contributed by atoms with E-state index in [0.717, 1.165) is 32.1 Å². The van der Waals surface area contributed by atoms with Crippen LogP contribution in [-0.4, -0.2) is 54.5 Å². The van der Waals surface area contributed by atoms with Gasteiger partial charge >= 0.3 is 0 Å². The molecular formula is C21H26N8O2. The molecule has 162 valence electrons. The Morgan fingerprint density at radius 2 is 2.06 bits per heavy atom. The van der Waals surface area contributed by atoms with Gasteiger partial charge in [-0.2, -0.15) is 5.21 Å². The molecule has 2 heterocycles. The molecule has 3 atom stereocenters. The number of aromatic amines is 1. The van der Waals surface area contributed by atoms with E-state index in [1.807, 2.05) is 18.2 Å². The summed E-state index contributed by atoms with van der Waals surface area (Å²) in [6.45, 7) is 2.05. The summed E-state index contributed by atoms with van der Waals surface area (Å²) in [4.78, 5) is 34.6. The van der Waals surface area contributed by atoms with Crippen LogP contribution < -0.4 is 10.6 Å². The normalized spacial score (nSPS) is 19.3. The summed E-state index contributed by atoms with van der Waals surface area (Å²) in [7, 11) is 0. The number of tetrazole rings is 1. The summed E-state index contributed by atoms with van der Waals surface area (Å²) in [5.41, 5.74) is 1.55. The number of amides is 2. The lowest BCUT2D eigenvalue weighted by Crippen LogP contribution is -2.50. The first kappa shape index (κ1) is 20.8. The number of aromatic nitrogens is 6. The molecule has 0 unspecified atom stereocenters. The van der Waals surface area contributed by atoms with Crippen molar-refractivity contribution in [3.05, 3.63) is 42.0 Å². The van der Waals surface area contributed by atoms with Gasteiger partial charge in [-0.05, 0) is 31.4 Å². The van der Waals surface area contributed by atoms with Crippen molar-refractivity contribution in [1.29, 1.82) is 0 Å². The van der Waals surface area contributed by atoms with Crippen LogP contribution in [0.15, 0.2) is 30.5 Å². The first-order valence-electron chi connectivity index (χ1n) is 10.7. The van der Waals surface area contributed by atoms with E-state index in [1.54, 1.807) is 6.07 Å². The Kier molecular flexibility index (Phi) is 6.44. The molecule has 0 bridgehead atoms. The van der Waals surface area contributed by atoms with Crippen LogP contribution in [0.2, 0.25) is 0 Å². The van der Waals surface area contributed by atoms with E-state index in [9.17, 15) is 9.59 Å². The van der Waals surface area contributed by atoms with Crippen LogP contribution in [0.1, 0.15) is 67.7 Å². The smallest absolute Gasteiger partial charge is 0.272 e. The number of para-hydroxylation sites is 2. The number of hydrogen-bond donors (Lipinski definition) is 3. The van der Waals surface area contributed by atoms with E-state index in [2.05, 4.69) is 48.1 Å². The van der Waals surface area contributed by atoms with Gasteiger partial charge in [0.15, 0.2) is 5.82 Å². The molecule has 0 spiro atoms. The Morgan fingerprint density at radius 3 is 2.84 bits per heavy atom. The number of carbonyl (C=O) groups excluding carboxylic acids is 2. The largest absolute Gasteiger partial charge is 0.351 e. The summed E-state index contributed by atoms with van der Waals surface area (Å²) in [6.07, 6.45) is 6.44. The number of hydrogen-bond acceptors (Lipinski definition) is 7. The molecular weight excluding hydrogens is 396 g/mol. The number of nitrogens with zero attached hydrogens (tertiary/aromatic N) is 5. The highest BCUT2D eigenvalue weighted by Crippen LogP contribution is 2.32. The second-order valence-corrected chi connectivity index (χ2v) is 7.83. The number of H-pyrrole nitrogens is 1. The number of carbonyl (C=O) groups is 2. The number of nitrogens with one attached hydrogen (secondary N) is 3. The average molecular weight is 422 g/mol. The fraction of sp³-hybridized carbons (Fsp3) is 0.476. The molecule has 0 aliphatic heterocycles. The minimum Gasteiger partial charge on any atom is -0.351 e. The molecule has 1 aromatic carbocycles. The standard InChI is InChI=1S/C21H26N8O2/c1-2-3-8-17(20(30)24-14-11-6-7-13(14)19-26-28-29-27-19)25-21(31)18-12-22-15-9-4-5-10-16(15)23-18/h4-5,9-10,12-14,17H,2-3,6-8,11H2,1H3,(H,24,30)(H,25,31)(H,26,27,28,29)/t13-,14+,17+/m1/s1. The van der Waals surface area contributed by atoms with Gasteiger partial charge in [0, 0.05) is 12.0 Å². The number of rotatable bonds is 8. The van der Waals surface area contributed by atoms with Crippen molar-refractivity contribution in [1.82, 2.24) is 41.2 Å². The number of unbranched alkanes of at least 4 members (excludes halogenated alkanes) is 1. The molecule has 3 aromatic rings. The maximum absolute atomic E-state index is 13.1. The Bertz CT molecular complexity index is 1040. The minimum absolute atomic E-state index is 0.0246. The van der Waals surface area contributed by atoms with Crippen LogP contribution in [-0.2, 0) is 4.79 Å². The summed E-state index contributed by atoms with van der Waals surface area (Å²) in [5, 5.41) is 20.2. The third-order valence-electron chi connectivity index (χ3n) is 5.69. The van der Waals surface area contributed by atoms with E-state index in [4.69, 9.17) is 0 Å². The zero-order valence-electron chi connectivity index (χ0n) is 17.4. The summed E-state index contributed by atoms with van der Waals surface area (Å²) in [5.74, 6) is 0.0338. The third-order valence-corrected chi connectivity index (χ3v) is 5.69. The molecule has 1 aliphatic rings. The van der Waals surface area contributed by atoms with Crippen molar-refractivity contribution in [2.24, 2.45) is 0 Å². The maximum atomic E-state index is 13.1. The molecule has 1 fully saturated rings. The van der Waals surface area contributed by atoms with Crippen molar-refractivity contribution < 1.29 is 9.59 Å². The molecule has 0 saturated heterocycles. The molecule has 2 amide bonds. The molecule has 31 heavy (non-hydrogen) atoms. The van der Waals surface area contributed by atoms with Crippen LogP contribution >= 0.6 is 0 Å². The van der Waals surface area contributed by atoms with E-state index in [1.165, 1.54) is 6.20 Å². The fourth-order valence-corrected chi connectivity index (χ4v) is 4.03. The zero-order chi connectivity index (χ0) is 21.6. The van der Waals surface area contributed by atoms with Gasteiger partial charge in [-0.1, -0.05) is 43.5 Å². The molecule has 3 N–H and O–H groups in total. The van der Waals surface area contributed by atoms with Crippen molar-refractivity contribution >= 4 is 22.8 Å². The van der Waals surface area contributed by atoms with Gasteiger partial charge in [0.25, 0.3) is 5.91 Å². The Balaban J connectivity index is 1.45. The van der Waals surface area contributed by atoms with Crippen molar-refractivity contribution in [2.45, 2.75) is 63.5 Å². The van der Waals surface area contributed by atoms with Gasteiger partial charge < -0.3 is 10.6 Å². The lowest BCUT2D eigenvalue weighted by atomic mass is 10.0. The predicted molar refractivity (Wildman–Crippen MR) is 113 cm³/mol. The molecule has 0 radical (unpaired) electrons. The molecule has 1 aliphatic carbocycles. The molecule has 10 heteroatoms. The Hall–Kier alpha value is -3.43. The Morgan fingerprint density at radius 1 is 1.23 bits per heavy atom. The van der Waals surface area contributed by atoms with Gasteiger partial charge in [-0.3, -0.25) is 14.6 Å². The lowest BCUT2D eigenvalue weighted by Gasteiger charge is -2.23. The van der Waals surface area contributed by atoms with Crippen LogP contribution in [0, 0.1) is 0 Å². The Labute approximate surface area is 179 Å². The molecule has 2 aromatic heterocycles. The quantitative estimate of drug-likeness (QED) is 0.504. The second-order valence-electron chi connectivity index (χ2n) is 7.83. The van der Waals surface area contributed by atoms with Crippen LogP contribution in [0.3, 0.4) is 0 Å². The van der Waals surface area contributed by atoms with E-state index in [-0.39, 0.29) is 23.6 Å². The maximum Gasteiger partial charge on any atom is 0.272 e. The van der Waals surface area contributed by atoms with Gasteiger partial charge in [-0.15, -0.1) is 10.2 Å². The van der Waals surface area contributed by atoms with E-state index < -0.39 is 11.9 Å². The van der Waals surface area contributed by atoms with Crippen LogP contribution in [0.4, 0.5) is 0 Å². The van der Waals surface area contributed by atoms with Gasteiger partial charge in [-0.25, -0.2) is 4.98 Å². The number of benzene rings is 1. The van der Waals surface area contributed by atoms with Gasteiger partial charge in [0.05, 0.1) is 17.2 Å². The summed E-state index contributed by atoms with van der Waals surface area (Å²) < 4.78 is 0. The lowest BCUT2D eigenvalue weighted by molar-refractivity contribution is -0.124. The van der Waals surface area contributed by atoms with Crippen molar-refractivity contribution in [3.8, 4) is 0 Å². The molecule has 1 saturated carbocycles. The SMILES string of the molecule is CCCC[C@H](NC(=O)c1cnc2ccccc2n1)C(=O)N[C@H]1CCC[C@H]1c1nn[nH]n1. The first-order chi connectivity index (χ1) is 15.2. The molecule has 10 nitrogen and oxygen atoms in total. The van der Waals surface area contributed by atoms with Crippen LogP contribution in [0.5, 0.6) is 0 Å². The highest BCUT2D eigenvalue weighted by Gasteiger charge is 2.34. The number of fused-ring (bicyclic) bond motifs is 1. The third kappa shape index (κ3) is 4.84. The highest BCUT2D eigenvalue weighted by atomic mass is 16.2. The van der Waals surface area contributed by atoms with E-state index >= 15 is 0 Å². The first-order valence-corrected chi connectivity index (χ1v) is 10.7. The van der Waals surface area contributed by atoms with Gasteiger partial charge in [0.1, 0.15) is 11.7 Å². The molecule has 4 rings (SSSR count). The highest BCUT2D eigenvalue weighted by molar-refractivity contribution is 5.97. The van der Waals surface area contributed by atoms with E-state index in [0.29, 0.717) is 23.3 Å². The second kappa shape index (κ2) is 9.59.